The molecule has 1 N–H and O–H groups in total. The predicted molar refractivity (Wildman–Crippen MR) is 108 cm³/mol. The average Bonchev–Trinajstić information content (AvgIpc) is 2.98. The maximum absolute atomic E-state index is 13.1. The summed E-state index contributed by atoms with van der Waals surface area (Å²) in [6.07, 6.45) is -0.893. The van der Waals surface area contributed by atoms with E-state index in [1.165, 1.54) is 16.4 Å². The molecular formula is C21H23F3N2O3S. The van der Waals surface area contributed by atoms with Gasteiger partial charge in [-0.25, -0.2) is 8.42 Å². The van der Waals surface area contributed by atoms with Gasteiger partial charge < -0.3 is 5.32 Å². The largest absolute Gasteiger partial charge is 0.416 e. The fourth-order valence-corrected chi connectivity index (χ4v) is 5.15. The Labute approximate surface area is 173 Å². The molecular weight excluding hydrogens is 417 g/mol. The summed E-state index contributed by atoms with van der Waals surface area (Å²) in [5.74, 6) is -0.595. The Morgan fingerprint density at radius 3 is 2.13 bits per heavy atom. The zero-order valence-electron chi connectivity index (χ0n) is 16.5. The van der Waals surface area contributed by atoms with Gasteiger partial charge in [0.25, 0.3) is 5.91 Å². The van der Waals surface area contributed by atoms with Gasteiger partial charge in [0.2, 0.25) is 10.0 Å². The van der Waals surface area contributed by atoms with Crippen molar-refractivity contribution < 1.29 is 26.4 Å². The van der Waals surface area contributed by atoms with Gasteiger partial charge in [0.15, 0.2) is 0 Å². The summed E-state index contributed by atoms with van der Waals surface area (Å²) in [5.41, 5.74) is 0.0198. The van der Waals surface area contributed by atoms with Gasteiger partial charge in [-0.15, -0.1) is 0 Å². The van der Waals surface area contributed by atoms with Crippen molar-refractivity contribution in [1.82, 2.24) is 4.31 Å². The van der Waals surface area contributed by atoms with Crippen LogP contribution in [0.2, 0.25) is 0 Å². The van der Waals surface area contributed by atoms with Gasteiger partial charge in [0, 0.05) is 24.3 Å². The number of nitrogens with zero attached hydrogens (tertiary/aromatic N) is 1. The lowest BCUT2D eigenvalue weighted by Gasteiger charge is -2.21. The summed E-state index contributed by atoms with van der Waals surface area (Å²) in [7, 11) is -3.74. The van der Waals surface area contributed by atoms with Crippen molar-refractivity contribution in [3.8, 4) is 0 Å². The second-order valence-corrected chi connectivity index (χ2v) is 9.23. The van der Waals surface area contributed by atoms with E-state index in [1.54, 1.807) is 13.0 Å². The molecule has 1 aliphatic rings. The van der Waals surface area contributed by atoms with E-state index in [-0.39, 0.29) is 16.1 Å². The summed E-state index contributed by atoms with van der Waals surface area (Å²) in [6.45, 7) is 2.57. The molecule has 30 heavy (non-hydrogen) atoms. The van der Waals surface area contributed by atoms with Gasteiger partial charge in [-0.1, -0.05) is 18.9 Å². The van der Waals surface area contributed by atoms with Crippen molar-refractivity contribution in [2.24, 2.45) is 0 Å². The first kappa shape index (κ1) is 22.3. The van der Waals surface area contributed by atoms with Crippen LogP contribution in [0.5, 0.6) is 0 Å². The molecule has 9 heteroatoms. The predicted octanol–water partition coefficient (Wildman–Crippen LogP) is 4.83. The summed E-state index contributed by atoms with van der Waals surface area (Å²) in [4.78, 5) is 12.6. The van der Waals surface area contributed by atoms with Crippen LogP contribution < -0.4 is 5.32 Å². The summed E-state index contributed by atoms with van der Waals surface area (Å²) in [5, 5.41) is 2.51. The van der Waals surface area contributed by atoms with Crippen LogP contribution in [0.25, 0.3) is 0 Å². The monoisotopic (exact) mass is 440 g/mol. The minimum atomic E-state index is -4.46. The number of alkyl halides is 3. The molecule has 0 aromatic heterocycles. The van der Waals surface area contributed by atoms with E-state index in [2.05, 4.69) is 5.32 Å². The Hall–Kier alpha value is -2.39. The topological polar surface area (TPSA) is 66.5 Å². The number of hydrogen-bond acceptors (Lipinski definition) is 3. The molecule has 2 aromatic carbocycles. The van der Waals surface area contributed by atoms with E-state index in [9.17, 15) is 26.4 Å². The molecule has 0 aliphatic carbocycles. The fourth-order valence-electron chi connectivity index (χ4n) is 3.39. The molecule has 0 bridgehead atoms. The fraction of sp³-hybridized carbons (Fsp3) is 0.381. The SMILES string of the molecule is Cc1ccc(C(=O)Nc2ccc(C(F)(F)F)cc2)cc1S(=O)(=O)N1CCCCCC1. The molecule has 5 nitrogen and oxygen atoms in total. The molecule has 3 rings (SSSR count). The van der Waals surface area contributed by atoms with Crippen LogP contribution in [0.15, 0.2) is 47.4 Å². The molecule has 1 saturated heterocycles. The van der Waals surface area contributed by atoms with Gasteiger partial charge in [-0.05, 0) is 61.7 Å². The zero-order valence-corrected chi connectivity index (χ0v) is 17.3. The number of anilines is 1. The van der Waals surface area contributed by atoms with Crippen molar-refractivity contribution in [1.29, 1.82) is 0 Å². The van der Waals surface area contributed by atoms with Gasteiger partial charge in [-0.3, -0.25) is 4.79 Å². The Morgan fingerprint density at radius 2 is 1.57 bits per heavy atom. The number of carbonyl (C=O) groups is 1. The van der Waals surface area contributed by atoms with Crippen molar-refractivity contribution in [3.63, 3.8) is 0 Å². The Morgan fingerprint density at radius 1 is 0.967 bits per heavy atom. The van der Waals surface area contributed by atoms with E-state index in [0.29, 0.717) is 18.7 Å². The van der Waals surface area contributed by atoms with Crippen LogP contribution in [0.3, 0.4) is 0 Å². The van der Waals surface area contributed by atoms with Crippen molar-refractivity contribution in [3.05, 3.63) is 59.2 Å². The van der Waals surface area contributed by atoms with E-state index < -0.39 is 27.7 Å². The molecule has 1 heterocycles. The summed E-state index contributed by atoms with van der Waals surface area (Å²) < 4.78 is 65.7. The smallest absolute Gasteiger partial charge is 0.322 e. The molecule has 1 amide bonds. The highest BCUT2D eigenvalue weighted by molar-refractivity contribution is 7.89. The molecule has 2 aromatic rings. The maximum Gasteiger partial charge on any atom is 0.416 e. The third kappa shape index (κ3) is 5.02. The van der Waals surface area contributed by atoms with Crippen LogP contribution in [0.4, 0.5) is 18.9 Å². The van der Waals surface area contributed by atoms with Crippen LogP contribution in [-0.4, -0.2) is 31.7 Å². The molecule has 0 spiro atoms. The zero-order chi connectivity index (χ0) is 21.9. The molecule has 1 fully saturated rings. The van der Waals surface area contributed by atoms with Crippen molar-refractivity contribution >= 4 is 21.6 Å². The number of sulfonamides is 1. The molecule has 0 radical (unpaired) electrons. The van der Waals surface area contributed by atoms with Crippen LogP contribution in [0, 0.1) is 6.92 Å². The summed E-state index contributed by atoms with van der Waals surface area (Å²) in [6, 6.07) is 8.45. The standard InChI is InChI=1S/C21H23F3N2O3S/c1-15-6-7-16(14-19(15)30(28,29)26-12-4-2-3-5-13-26)20(27)25-18-10-8-17(9-11-18)21(22,23)24/h6-11,14H,2-5,12-13H2,1H3,(H,25,27). The van der Waals surface area contributed by atoms with Gasteiger partial charge in [0.1, 0.15) is 0 Å². The minimum absolute atomic E-state index is 0.0736. The van der Waals surface area contributed by atoms with Gasteiger partial charge in [-0.2, -0.15) is 17.5 Å². The first-order chi connectivity index (χ1) is 14.1. The van der Waals surface area contributed by atoms with E-state index >= 15 is 0 Å². The van der Waals surface area contributed by atoms with Gasteiger partial charge >= 0.3 is 6.18 Å². The number of carbonyl (C=O) groups excluding carboxylic acids is 1. The highest BCUT2D eigenvalue weighted by Crippen LogP contribution is 2.30. The van der Waals surface area contributed by atoms with Crippen LogP contribution in [-0.2, 0) is 16.2 Å². The van der Waals surface area contributed by atoms with Crippen LogP contribution in [0.1, 0.15) is 47.2 Å². The first-order valence-electron chi connectivity index (χ1n) is 9.68. The van der Waals surface area contributed by atoms with E-state index in [0.717, 1.165) is 49.9 Å². The van der Waals surface area contributed by atoms with Crippen LogP contribution >= 0.6 is 0 Å². The number of hydrogen-bond donors (Lipinski definition) is 1. The van der Waals surface area contributed by atoms with E-state index in [1.807, 2.05) is 0 Å². The molecule has 1 aliphatic heterocycles. The highest BCUT2D eigenvalue weighted by Gasteiger charge is 2.30. The lowest BCUT2D eigenvalue weighted by molar-refractivity contribution is -0.137. The molecule has 162 valence electrons. The number of halogens is 3. The normalized spacial score (nSPS) is 16.1. The lowest BCUT2D eigenvalue weighted by atomic mass is 10.1. The van der Waals surface area contributed by atoms with E-state index in [4.69, 9.17) is 0 Å². The molecule has 0 atom stereocenters. The third-order valence-electron chi connectivity index (χ3n) is 5.10. The number of nitrogens with one attached hydrogen (secondary N) is 1. The average molecular weight is 440 g/mol. The maximum atomic E-state index is 13.1. The second-order valence-electron chi connectivity index (χ2n) is 7.33. The molecule has 0 unspecified atom stereocenters. The summed E-state index contributed by atoms with van der Waals surface area (Å²) >= 11 is 0. The minimum Gasteiger partial charge on any atom is -0.322 e. The van der Waals surface area contributed by atoms with Crippen molar-refractivity contribution in [2.45, 2.75) is 43.7 Å². The number of rotatable bonds is 4. The highest BCUT2D eigenvalue weighted by atomic mass is 32.2. The Balaban J connectivity index is 1.82. The third-order valence-corrected chi connectivity index (χ3v) is 7.14. The molecule has 0 saturated carbocycles. The number of amides is 1. The Kier molecular flexibility index (Phi) is 6.52. The quantitative estimate of drug-likeness (QED) is 0.741. The second kappa shape index (κ2) is 8.77. The van der Waals surface area contributed by atoms with Gasteiger partial charge in [0.05, 0.1) is 10.5 Å². The first-order valence-corrected chi connectivity index (χ1v) is 11.1. The Bertz CT molecular complexity index is 1010. The number of benzene rings is 2. The number of aryl methyl sites for hydroxylation is 1. The van der Waals surface area contributed by atoms with Crippen molar-refractivity contribution in [2.75, 3.05) is 18.4 Å². The lowest BCUT2D eigenvalue weighted by Crippen LogP contribution is -2.32.